The van der Waals surface area contributed by atoms with Crippen molar-refractivity contribution in [3.05, 3.63) is 28.7 Å². The molecule has 2 rings (SSSR count). The van der Waals surface area contributed by atoms with Crippen LogP contribution in [0.3, 0.4) is 0 Å². The summed E-state index contributed by atoms with van der Waals surface area (Å²) in [6, 6.07) is 0. The van der Waals surface area contributed by atoms with Gasteiger partial charge in [-0.25, -0.2) is 0 Å². The van der Waals surface area contributed by atoms with E-state index >= 15 is 0 Å². The average Bonchev–Trinajstić information content (AvgIpc) is 2.41. The van der Waals surface area contributed by atoms with Crippen molar-refractivity contribution in [2.24, 2.45) is 12.2 Å². The maximum Gasteiger partial charge on any atom is 0.267 e. The Morgan fingerprint density at radius 2 is 2.27 bits per heavy atom. The second-order valence-corrected chi connectivity index (χ2v) is 3.54. The molecule has 0 bridgehead atoms. The van der Waals surface area contributed by atoms with Gasteiger partial charge in [0.15, 0.2) is 6.61 Å². The van der Waals surface area contributed by atoms with E-state index in [2.05, 4.69) is 16.8 Å². The predicted octanol–water partition coefficient (Wildman–Crippen LogP) is 1.60. The Morgan fingerprint density at radius 3 is 2.80 bits per heavy atom. The second kappa shape index (κ2) is 3.58. The Hall–Kier alpha value is -1.49. The fraction of sp³-hybridized carbons (Fsp3) is 0.333. The normalized spacial score (nSPS) is 15.7. The number of halogens is 1. The number of nitrogens with zero attached hydrogens (tertiary/aromatic N) is 3. The van der Waals surface area contributed by atoms with E-state index in [1.165, 1.54) is 0 Å². The van der Waals surface area contributed by atoms with Crippen LogP contribution in [0, 0.1) is 6.92 Å². The molecule has 1 aromatic rings. The minimum absolute atomic E-state index is 0.264. The molecule has 0 fully saturated rings. The van der Waals surface area contributed by atoms with E-state index in [1.807, 2.05) is 6.92 Å². The molecule has 0 amide bonds. The number of rotatable bonds is 1. The molecule has 0 saturated carbocycles. The highest BCUT2D eigenvalue weighted by Crippen LogP contribution is 2.22. The molecule has 1 aliphatic heterocycles. The van der Waals surface area contributed by atoms with E-state index in [-0.39, 0.29) is 6.61 Å². The lowest BCUT2D eigenvalue weighted by atomic mass is 10.2. The van der Waals surface area contributed by atoms with Gasteiger partial charge in [0.1, 0.15) is 16.5 Å². The van der Waals surface area contributed by atoms with Crippen molar-refractivity contribution in [1.29, 1.82) is 0 Å². The van der Waals surface area contributed by atoms with Gasteiger partial charge in [0.05, 0.1) is 5.69 Å². The summed E-state index contributed by atoms with van der Waals surface area (Å²) in [5.41, 5.74) is 1.37. The van der Waals surface area contributed by atoms with Crippen LogP contribution in [0.25, 0.3) is 0 Å². The largest absolute Gasteiger partial charge is 0.437 e. The summed E-state index contributed by atoms with van der Waals surface area (Å²) >= 11 is 6.05. The summed E-state index contributed by atoms with van der Waals surface area (Å²) in [4.78, 5) is 4.94. The van der Waals surface area contributed by atoms with Crippen molar-refractivity contribution in [1.82, 2.24) is 9.78 Å². The maximum atomic E-state index is 6.05. The molecule has 0 atom stereocenters. The summed E-state index contributed by atoms with van der Waals surface area (Å²) in [6.45, 7) is 5.75. The van der Waals surface area contributed by atoms with Crippen LogP contribution in [0.2, 0.25) is 5.15 Å². The van der Waals surface area contributed by atoms with Crippen LogP contribution in [-0.2, 0) is 16.6 Å². The Kier molecular flexibility index (Phi) is 2.40. The zero-order valence-corrected chi connectivity index (χ0v) is 9.21. The van der Waals surface area contributed by atoms with Crippen LogP contribution in [0.1, 0.15) is 11.3 Å². The molecule has 0 aliphatic carbocycles. The predicted molar refractivity (Wildman–Crippen MR) is 55.7 cm³/mol. The molecule has 1 aliphatic rings. The molecule has 0 unspecified atom stereocenters. The zero-order valence-electron chi connectivity index (χ0n) is 8.45. The average molecular weight is 228 g/mol. The summed E-state index contributed by atoms with van der Waals surface area (Å²) < 4.78 is 6.89. The molecule has 6 heteroatoms. The number of aryl methyl sites for hydroxylation is 2. The Labute approximate surface area is 91.9 Å². The van der Waals surface area contributed by atoms with Crippen molar-refractivity contribution in [3.8, 4) is 0 Å². The molecule has 0 spiro atoms. The first-order valence-electron chi connectivity index (χ1n) is 4.34. The molecule has 5 nitrogen and oxygen atoms in total. The quantitative estimate of drug-likeness (QED) is 0.732. The van der Waals surface area contributed by atoms with Crippen molar-refractivity contribution < 1.29 is 9.57 Å². The Balaban J connectivity index is 2.45. The third kappa shape index (κ3) is 1.70. The minimum Gasteiger partial charge on any atom is -0.437 e. The van der Waals surface area contributed by atoms with Crippen molar-refractivity contribution in [2.75, 3.05) is 6.61 Å². The van der Waals surface area contributed by atoms with Gasteiger partial charge < -0.3 is 9.57 Å². The molecule has 0 saturated heterocycles. The smallest absolute Gasteiger partial charge is 0.267 e. The summed E-state index contributed by atoms with van der Waals surface area (Å²) in [5, 5.41) is 8.39. The van der Waals surface area contributed by atoms with Crippen molar-refractivity contribution >= 4 is 17.5 Å². The van der Waals surface area contributed by atoms with Crippen LogP contribution >= 0.6 is 11.6 Å². The van der Waals surface area contributed by atoms with Gasteiger partial charge in [0.2, 0.25) is 0 Å². The van der Waals surface area contributed by atoms with Crippen LogP contribution in [-0.4, -0.2) is 22.3 Å². The Morgan fingerprint density at radius 1 is 1.53 bits per heavy atom. The second-order valence-electron chi connectivity index (χ2n) is 3.19. The first kappa shape index (κ1) is 10.0. The molecule has 80 valence electrons. The molecular weight excluding hydrogens is 218 g/mol. The third-order valence-corrected chi connectivity index (χ3v) is 2.41. The molecule has 0 N–H and O–H groups in total. The SMILES string of the molecule is C=C1CON=C(c2c(C)nn(C)c2Cl)O1. The number of oxime groups is 1. The van der Waals surface area contributed by atoms with Gasteiger partial charge in [-0.05, 0) is 12.1 Å². The van der Waals surface area contributed by atoms with Gasteiger partial charge in [-0.1, -0.05) is 18.2 Å². The molecule has 2 heterocycles. The number of aromatic nitrogens is 2. The number of hydrogen-bond acceptors (Lipinski definition) is 4. The standard InChI is InChI=1S/C9H10ClN3O2/c1-5-4-14-12-9(15-5)7-6(2)11-13(3)8(7)10/h1,4H2,2-3H3. The van der Waals surface area contributed by atoms with E-state index in [0.717, 1.165) is 5.69 Å². The van der Waals surface area contributed by atoms with Crippen LogP contribution < -0.4 is 0 Å². The Bertz CT molecular complexity index is 450. The fourth-order valence-electron chi connectivity index (χ4n) is 1.32. The van der Waals surface area contributed by atoms with Crippen LogP contribution in [0.4, 0.5) is 0 Å². The summed E-state index contributed by atoms with van der Waals surface area (Å²) in [6.07, 6.45) is 0. The van der Waals surface area contributed by atoms with Crippen LogP contribution in [0.15, 0.2) is 17.5 Å². The van der Waals surface area contributed by atoms with Gasteiger partial charge >= 0.3 is 0 Å². The minimum atomic E-state index is 0.264. The first-order chi connectivity index (χ1) is 7.09. The third-order valence-electron chi connectivity index (χ3n) is 1.98. The maximum absolute atomic E-state index is 6.05. The molecule has 15 heavy (non-hydrogen) atoms. The van der Waals surface area contributed by atoms with E-state index < -0.39 is 0 Å². The lowest BCUT2D eigenvalue weighted by molar-refractivity contribution is 0.106. The highest BCUT2D eigenvalue weighted by Gasteiger charge is 2.22. The highest BCUT2D eigenvalue weighted by molar-refractivity contribution is 6.33. The van der Waals surface area contributed by atoms with Gasteiger partial charge in [-0.2, -0.15) is 5.10 Å². The zero-order chi connectivity index (χ0) is 11.0. The molecule has 0 aromatic carbocycles. The van der Waals surface area contributed by atoms with Crippen LogP contribution in [0.5, 0.6) is 0 Å². The molecular formula is C9H10ClN3O2. The lowest BCUT2D eigenvalue weighted by Gasteiger charge is -2.14. The van der Waals surface area contributed by atoms with E-state index in [1.54, 1.807) is 11.7 Å². The fourth-order valence-corrected chi connectivity index (χ4v) is 1.57. The van der Waals surface area contributed by atoms with Crippen molar-refractivity contribution in [2.45, 2.75) is 6.92 Å². The van der Waals surface area contributed by atoms with Crippen molar-refractivity contribution in [3.63, 3.8) is 0 Å². The molecule has 1 aromatic heterocycles. The highest BCUT2D eigenvalue weighted by atomic mass is 35.5. The lowest BCUT2D eigenvalue weighted by Crippen LogP contribution is -2.15. The van der Waals surface area contributed by atoms with Gasteiger partial charge in [0.25, 0.3) is 5.90 Å². The topological polar surface area (TPSA) is 48.6 Å². The van der Waals surface area contributed by atoms with E-state index in [0.29, 0.717) is 22.4 Å². The van der Waals surface area contributed by atoms with Gasteiger partial charge in [-0.15, -0.1) is 0 Å². The summed E-state index contributed by atoms with van der Waals surface area (Å²) in [5.74, 6) is 0.807. The van der Waals surface area contributed by atoms with Gasteiger partial charge in [0, 0.05) is 7.05 Å². The van der Waals surface area contributed by atoms with E-state index in [4.69, 9.17) is 21.2 Å². The number of hydrogen-bond donors (Lipinski definition) is 0. The van der Waals surface area contributed by atoms with E-state index in [9.17, 15) is 0 Å². The number of ether oxygens (including phenoxy) is 1. The first-order valence-corrected chi connectivity index (χ1v) is 4.72. The van der Waals surface area contributed by atoms with Gasteiger partial charge in [-0.3, -0.25) is 4.68 Å². The summed E-state index contributed by atoms with van der Waals surface area (Å²) in [7, 11) is 1.75. The monoisotopic (exact) mass is 227 g/mol. The molecule has 0 radical (unpaired) electrons.